The lowest BCUT2D eigenvalue weighted by Crippen LogP contribution is -2.49. The van der Waals surface area contributed by atoms with Gasteiger partial charge in [-0.05, 0) is 50.4 Å². The quantitative estimate of drug-likeness (QED) is 0.830. The largest absolute Gasteiger partial charge is 0.340 e. The molecule has 1 aliphatic heterocycles. The molecule has 0 aliphatic carbocycles. The Bertz CT molecular complexity index is 470. The summed E-state index contributed by atoms with van der Waals surface area (Å²) in [5.41, 5.74) is 2.50. The monoisotopic (exact) mass is 288 g/mol. The minimum absolute atomic E-state index is 0.0905. The van der Waals surface area contributed by atoms with E-state index in [0.29, 0.717) is 6.54 Å². The Morgan fingerprint density at radius 1 is 1.33 bits per heavy atom. The molecule has 1 saturated heterocycles. The van der Waals surface area contributed by atoms with Gasteiger partial charge in [0.25, 0.3) is 0 Å². The number of carbonyl (C=O) groups is 1. The van der Waals surface area contributed by atoms with E-state index < -0.39 is 0 Å². The first-order chi connectivity index (χ1) is 10.1. The molecule has 3 heteroatoms. The van der Waals surface area contributed by atoms with E-state index in [2.05, 4.69) is 30.9 Å². The molecule has 116 valence electrons. The summed E-state index contributed by atoms with van der Waals surface area (Å²) in [7, 11) is 1.94. The number of nitrogens with zero attached hydrogens (tertiary/aromatic N) is 2. The molecule has 0 radical (unpaired) electrons. The van der Waals surface area contributed by atoms with Crippen LogP contribution in [-0.2, 0) is 11.3 Å². The molecule has 1 amide bonds. The van der Waals surface area contributed by atoms with Crippen LogP contribution >= 0.6 is 0 Å². The van der Waals surface area contributed by atoms with Crippen LogP contribution in [0.5, 0.6) is 0 Å². The second kappa shape index (κ2) is 7.60. The second-order valence-electron chi connectivity index (χ2n) is 6.17. The Kier molecular flexibility index (Phi) is 5.80. The number of hydrogen-bond acceptors (Lipinski definition) is 2. The van der Waals surface area contributed by atoms with Gasteiger partial charge in [-0.3, -0.25) is 9.69 Å². The van der Waals surface area contributed by atoms with E-state index in [0.717, 1.165) is 25.9 Å². The maximum Gasteiger partial charge on any atom is 0.239 e. The summed E-state index contributed by atoms with van der Waals surface area (Å²) in [6.45, 7) is 7.11. The van der Waals surface area contributed by atoms with Crippen LogP contribution in [0.15, 0.2) is 24.3 Å². The van der Waals surface area contributed by atoms with Crippen molar-refractivity contribution in [2.75, 3.05) is 20.1 Å². The average molecular weight is 288 g/mol. The Morgan fingerprint density at radius 2 is 2.10 bits per heavy atom. The van der Waals surface area contributed by atoms with Crippen molar-refractivity contribution in [2.24, 2.45) is 0 Å². The zero-order valence-corrected chi connectivity index (χ0v) is 13.6. The van der Waals surface area contributed by atoms with E-state index in [1.807, 2.05) is 24.1 Å². The van der Waals surface area contributed by atoms with E-state index in [1.54, 1.807) is 0 Å². The Balaban J connectivity index is 2.02. The van der Waals surface area contributed by atoms with Gasteiger partial charge in [-0.15, -0.1) is 0 Å². The van der Waals surface area contributed by atoms with Gasteiger partial charge in [0.15, 0.2) is 0 Å². The number of rotatable bonds is 5. The fourth-order valence-corrected chi connectivity index (χ4v) is 3.20. The summed E-state index contributed by atoms with van der Waals surface area (Å²) in [6.07, 6.45) is 4.53. The molecule has 1 aliphatic rings. The van der Waals surface area contributed by atoms with Crippen LogP contribution < -0.4 is 0 Å². The van der Waals surface area contributed by atoms with E-state index in [9.17, 15) is 4.79 Å². The SMILES string of the molecule is CCCN1CCCCC1C(=O)N(C)Cc1ccccc1C. The Morgan fingerprint density at radius 3 is 2.81 bits per heavy atom. The lowest BCUT2D eigenvalue weighted by Gasteiger charge is -2.36. The number of likely N-dealkylation sites (N-methyl/N-ethyl adjacent to an activating group) is 1. The van der Waals surface area contributed by atoms with E-state index in [-0.39, 0.29) is 11.9 Å². The molecule has 0 aromatic heterocycles. The van der Waals surface area contributed by atoms with Gasteiger partial charge in [0.05, 0.1) is 6.04 Å². The fourth-order valence-electron chi connectivity index (χ4n) is 3.20. The van der Waals surface area contributed by atoms with Gasteiger partial charge in [0.1, 0.15) is 0 Å². The lowest BCUT2D eigenvalue weighted by molar-refractivity contribution is -0.137. The van der Waals surface area contributed by atoms with Crippen molar-refractivity contribution in [1.82, 2.24) is 9.80 Å². The topological polar surface area (TPSA) is 23.6 Å². The number of benzene rings is 1. The maximum atomic E-state index is 12.8. The first kappa shape index (κ1) is 16.0. The molecule has 1 atom stereocenters. The minimum Gasteiger partial charge on any atom is -0.340 e. The van der Waals surface area contributed by atoms with E-state index in [1.165, 1.54) is 24.0 Å². The maximum absolute atomic E-state index is 12.8. The normalized spacial score (nSPS) is 19.5. The number of amides is 1. The highest BCUT2D eigenvalue weighted by Gasteiger charge is 2.30. The van der Waals surface area contributed by atoms with Gasteiger partial charge in [0, 0.05) is 13.6 Å². The summed E-state index contributed by atoms with van der Waals surface area (Å²) in [5, 5.41) is 0. The van der Waals surface area contributed by atoms with Gasteiger partial charge in [-0.1, -0.05) is 37.6 Å². The molecule has 0 saturated carbocycles. The summed E-state index contributed by atoms with van der Waals surface area (Å²) in [5.74, 6) is 0.284. The van der Waals surface area contributed by atoms with Crippen molar-refractivity contribution in [3.05, 3.63) is 35.4 Å². The summed E-state index contributed by atoms with van der Waals surface area (Å²) in [6, 6.07) is 8.41. The van der Waals surface area contributed by atoms with Crippen LogP contribution in [0.2, 0.25) is 0 Å². The molecule has 2 rings (SSSR count). The van der Waals surface area contributed by atoms with Crippen LogP contribution in [0.3, 0.4) is 0 Å². The predicted octanol–water partition coefficient (Wildman–Crippen LogP) is 3.22. The summed E-state index contributed by atoms with van der Waals surface area (Å²) >= 11 is 0. The van der Waals surface area contributed by atoms with E-state index >= 15 is 0 Å². The Hall–Kier alpha value is -1.35. The highest BCUT2D eigenvalue weighted by molar-refractivity contribution is 5.81. The molecule has 1 fully saturated rings. The van der Waals surface area contributed by atoms with Gasteiger partial charge >= 0.3 is 0 Å². The third-order valence-corrected chi connectivity index (χ3v) is 4.45. The van der Waals surface area contributed by atoms with Crippen molar-refractivity contribution in [3.8, 4) is 0 Å². The van der Waals surface area contributed by atoms with Gasteiger partial charge in [-0.2, -0.15) is 0 Å². The first-order valence-corrected chi connectivity index (χ1v) is 8.17. The Labute approximate surface area is 128 Å². The highest BCUT2D eigenvalue weighted by atomic mass is 16.2. The lowest BCUT2D eigenvalue weighted by atomic mass is 10.00. The zero-order chi connectivity index (χ0) is 15.2. The van der Waals surface area contributed by atoms with Crippen molar-refractivity contribution < 1.29 is 4.79 Å². The number of hydrogen-bond donors (Lipinski definition) is 0. The molecule has 1 aromatic rings. The molecule has 1 unspecified atom stereocenters. The average Bonchev–Trinajstić information content (AvgIpc) is 2.50. The molecule has 1 heterocycles. The summed E-state index contributed by atoms with van der Waals surface area (Å²) < 4.78 is 0. The van der Waals surface area contributed by atoms with Crippen LogP contribution in [0.25, 0.3) is 0 Å². The number of carbonyl (C=O) groups excluding carboxylic acids is 1. The number of likely N-dealkylation sites (tertiary alicyclic amines) is 1. The van der Waals surface area contributed by atoms with Crippen LogP contribution in [0.4, 0.5) is 0 Å². The molecular weight excluding hydrogens is 260 g/mol. The van der Waals surface area contributed by atoms with Gasteiger partial charge < -0.3 is 4.90 Å². The smallest absolute Gasteiger partial charge is 0.239 e. The van der Waals surface area contributed by atoms with Crippen molar-refractivity contribution in [1.29, 1.82) is 0 Å². The number of aryl methyl sites for hydroxylation is 1. The first-order valence-electron chi connectivity index (χ1n) is 8.17. The van der Waals surface area contributed by atoms with Crippen molar-refractivity contribution >= 4 is 5.91 Å². The van der Waals surface area contributed by atoms with Crippen LogP contribution in [0.1, 0.15) is 43.7 Å². The van der Waals surface area contributed by atoms with E-state index in [4.69, 9.17) is 0 Å². The molecule has 0 N–H and O–H groups in total. The highest BCUT2D eigenvalue weighted by Crippen LogP contribution is 2.20. The van der Waals surface area contributed by atoms with Crippen LogP contribution in [-0.4, -0.2) is 41.9 Å². The molecule has 21 heavy (non-hydrogen) atoms. The third-order valence-electron chi connectivity index (χ3n) is 4.45. The van der Waals surface area contributed by atoms with Crippen LogP contribution in [0, 0.1) is 6.92 Å². The molecule has 0 bridgehead atoms. The predicted molar refractivity (Wildman–Crippen MR) is 87.2 cm³/mol. The number of piperidine rings is 1. The zero-order valence-electron chi connectivity index (χ0n) is 13.6. The standard InChI is InChI=1S/C18H28N2O/c1-4-12-20-13-8-7-11-17(20)18(21)19(3)14-16-10-6-5-9-15(16)2/h5-6,9-10,17H,4,7-8,11-14H2,1-3H3. The van der Waals surface area contributed by atoms with Gasteiger partial charge in [0.2, 0.25) is 5.91 Å². The minimum atomic E-state index is 0.0905. The van der Waals surface area contributed by atoms with Gasteiger partial charge in [-0.25, -0.2) is 0 Å². The third kappa shape index (κ3) is 4.07. The molecule has 1 aromatic carbocycles. The van der Waals surface area contributed by atoms with Crippen molar-refractivity contribution in [2.45, 2.75) is 52.1 Å². The fraction of sp³-hybridized carbons (Fsp3) is 0.611. The second-order valence-corrected chi connectivity index (χ2v) is 6.17. The summed E-state index contributed by atoms with van der Waals surface area (Å²) in [4.78, 5) is 17.1. The van der Waals surface area contributed by atoms with Crippen molar-refractivity contribution in [3.63, 3.8) is 0 Å². The molecule has 3 nitrogen and oxygen atoms in total. The molecule has 0 spiro atoms. The molecular formula is C18H28N2O.